The minimum absolute atomic E-state index is 0. The van der Waals surface area contributed by atoms with Gasteiger partial charge in [0.25, 0.3) is 0 Å². The van der Waals surface area contributed by atoms with Gasteiger partial charge in [-0.3, -0.25) is 4.99 Å². The molecule has 6 nitrogen and oxygen atoms in total. The van der Waals surface area contributed by atoms with E-state index < -0.39 is 12.8 Å². The maximum absolute atomic E-state index is 12.1. The van der Waals surface area contributed by atoms with Gasteiger partial charge in [-0.05, 0) is 50.7 Å². The Balaban J connectivity index is 0.00000480. The van der Waals surface area contributed by atoms with Gasteiger partial charge in [-0.1, -0.05) is 24.3 Å². The lowest BCUT2D eigenvalue weighted by Crippen LogP contribution is -2.38. The number of halogens is 4. The third-order valence-corrected chi connectivity index (χ3v) is 5.00. The van der Waals surface area contributed by atoms with Crippen molar-refractivity contribution in [3.05, 3.63) is 35.4 Å². The molecule has 1 aliphatic heterocycles. The van der Waals surface area contributed by atoms with E-state index in [2.05, 4.69) is 37.2 Å². The number of ether oxygens (including phenoxy) is 1. The second-order valence-electron chi connectivity index (χ2n) is 7.63. The van der Waals surface area contributed by atoms with Crippen LogP contribution in [0.15, 0.2) is 29.3 Å². The number of guanidine groups is 1. The first-order valence-electron chi connectivity index (χ1n) is 10.4. The van der Waals surface area contributed by atoms with Crippen molar-refractivity contribution in [2.24, 2.45) is 4.99 Å². The van der Waals surface area contributed by atoms with Crippen molar-refractivity contribution in [1.82, 2.24) is 20.4 Å². The van der Waals surface area contributed by atoms with Crippen LogP contribution in [0.3, 0.4) is 0 Å². The Bertz CT molecular complexity index is 643. The molecular weight excluding hydrogens is 522 g/mol. The largest absolute Gasteiger partial charge is 0.411 e. The van der Waals surface area contributed by atoms with Gasteiger partial charge in [-0.25, -0.2) is 0 Å². The molecule has 0 atom stereocenters. The molecule has 0 amide bonds. The second kappa shape index (κ2) is 14.9. The molecule has 1 fully saturated rings. The summed E-state index contributed by atoms with van der Waals surface area (Å²) in [4.78, 5) is 9.14. The van der Waals surface area contributed by atoms with Gasteiger partial charge in [0.1, 0.15) is 6.61 Å². The minimum Gasteiger partial charge on any atom is -0.367 e. The average Bonchev–Trinajstić information content (AvgIpc) is 2.91. The Labute approximate surface area is 200 Å². The fourth-order valence-corrected chi connectivity index (χ4v) is 3.28. The molecule has 1 heterocycles. The highest BCUT2D eigenvalue weighted by molar-refractivity contribution is 14.0. The van der Waals surface area contributed by atoms with Gasteiger partial charge in [0.2, 0.25) is 0 Å². The van der Waals surface area contributed by atoms with Crippen LogP contribution in [0.25, 0.3) is 0 Å². The predicted molar refractivity (Wildman–Crippen MR) is 129 cm³/mol. The summed E-state index contributed by atoms with van der Waals surface area (Å²) in [6.45, 7) is 5.82. The van der Waals surface area contributed by atoms with Crippen LogP contribution in [0.4, 0.5) is 13.2 Å². The van der Waals surface area contributed by atoms with Crippen LogP contribution in [0.5, 0.6) is 0 Å². The standard InChI is InChI=1S/C21H34F3N5O.HI/c1-25-20(26-9-3-11-29-12-4-10-28(2)13-14-29)27-15-18-5-7-19(8-6-18)16-30-17-21(22,23)24;/h5-8H,3-4,9-17H2,1-2H3,(H2,25,26,27);1H. The molecule has 178 valence electrons. The van der Waals surface area contributed by atoms with E-state index >= 15 is 0 Å². The van der Waals surface area contributed by atoms with Gasteiger partial charge < -0.3 is 25.2 Å². The molecule has 0 unspecified atom stereocenters. The summed E-state index contributed by atoms with van der Waals surface area (Å²) < 4.78 is 41.0. The van der Waals surface area contributed by atoms with Crippen LogP contribution in [-0.2, 0) is 17.9 Å². The fraction of sp³-hybridized carbons (Fsp3) is 0.667. The molecule has 31 heavy (non-hydrogen) atoms. The molecule has 0 aromatic heterocycles. The molecule has 1 aromatic carbocycles. The van der Waals surface area contributed by atoms with Crippen LogP contribution >= 0.6 is 24.0 Å². The second-order valence-corrected chi connectivity index (χ2v) is 7.63. The summed E-state index contributed by atoms with van der Waals surface area (Å²) in [6, 6.07) is 7.32. The lowest BCUT2D eigenvalue weighted by molar-refractivity contribution is -0.176. The molecule has 0 bridgehead atoms. The van der Waals surface area contributed by atoms with Crippen molar-refractivity contribution in [2.45, 2.75) is 32.2 Å². The number of hydrogen-bond acceptors (Lipinski definition) is 4. The average molecular weight is 557 g/mol. The molecule has 0 saturated carbocycles. The molecule has 2 rings (SSSR count). The number of nitrogens with one attached hydrogen (secondary N) is 2. The maximum atomic E-state index is 12.1. The SMILES string of the molecule is CN=C(NCCCN1CCCN(C)CC1)NCc1ccc(COCC(F)(F)F)cc1.I. The molecule has 0 radical (unpaired) electrons. The van der Waals surface area contributed by atoms with Crippen LogP contribution in [0.2, 0.25) is 0 Å². The number of aliphatic imine (C=N–C) groups is 1. The van der Waals surface area contributed by atoms with E-state index in [1.54, 1.807) is 19.2 Å². The van der Waals surface area contributed by atoms with E-state index in [1.807, 2.05) is 12.1 Å². The molecule has 2 N–H and O–H groups in total. The monoisotopic (exact) mass is 557 g/mol. The first kappa shape index (κ1) is 27.9. The highest BCUT2D eigenvalue weighted by Crippen LogP contribution is 2.15. The third-order valence-electron chi connectivity index (χ3n) is 5.00. The first-order chi connectivity index (χ1) is 14.4. The number of rotatable bonds is 9. The summed E-state index contributed by atoms with van der Waals surface area (Å²) in [5, 5.41) is 6.59. The normalized spacial score (nSPS) is 16.5. The number of nitrogens with zero attached hydrogens (tertiary/aromatic N) is 3. The number of alkyl halides is 3. The van der Waals surface area contributed by atoms with Gasteiger partial charge >= 0.3 is 6.18 Å². The summed E-state index contributed by atoms with van der Waals surface area (Å²) in [6.07, 6.45) is -2.02. The topological polar surface area (TPSA) is 52.1 Å². The molecular formula is C21H35F3IN5O. The Morgan fingerprint density at radius 1 is 1.06 bits per heavy atom. The Hall–Kier alpha value is -1.11. The Morgan fingerprint density at radius 3 is 2.45 bits per heavy atom. The predicted octanol–water partition coefficient (Wildman–Crippen LogP) is 3.08. The molecule has 10 heteroatoms. The van der Waals surface area contributed by atoms with E-state index in [4.69, 9.17) is 0 Å². The van der Waals surface area contributed by atoms with Crippen LogP contribution < -0.4 is 10.6 Å². The van der Waals surface area contributed by atoms with Crippen molar-refractivity contribution in [1.29, 1.82) is 0 Å². The molecule has 0 spiro atoms. The van der Waals surface area contributed by atoms with Gasteiger partial charge in [0.05, 0.1) is 6.61 Å². The zero-order valence-electron chi connectivity index (χ0n) is 18.4. The summed E-state index contributed by atoms with van der Waals surface area (Å²) >= 11 is 0. The van der Waals surface area contributed by atoms with E-state index in [-0.39, 0.29) is 30.6 Å². The quantitative estimate of drug-likeness (QED) is 0.212. The molecule has 1 aliphatic rings. The van der Waals surface area contributed by atoms with Gasteiger partial charge in [-0.15, -0.1) is 24.0 Å². The van der Waals surface area contributed by atoms with Gasteiger partial charge in [-0.2, -0.15) is 13.2 Å². The third kappa shape index (κ3) is 12.5. The fourth-order valence-electron chi connectivity index (χ4n) is 3.28. The Kier molecular flexibility index (Phi) is 13.4. The van der Waals surface area contributed by atoms with E-state index in [0.717, 1.165) is 50.7 Å². The maximum Gasteiger partial charge on any atom is 0.411 e. The van der Waals surface area contributed by atoms with Crippen LogP contribution in [-0.4, -0.2) is 81.9 Å². The summed E-state index contributed by atoms with van der Waals surface area (Å²) in [5.41, 5.74) is 1.73. The first-order valence-corrected chi connectivity index (χ1v) is 10.4. The molecule has 1 saturated heterocycles. The van der Waals surface area contributed by atoms with Crippen LogP contribution in [0, 0.1) is 0 Å². The van der Waals surface area contributed by atoms with Crippen molar-refractivity contribution in [3.8, 4) is 0 Å². The van der Waals surface area contributed by atoms with Gasteiger partial charge in [0.15, 0.2) is 5.96 Å². The highest BCUT2D eigenvalue weighted by Gasteiger charge is 2.27. The number of hydrogen-bond donors (Lipinski definition) is 2. The lowest BCUT2D eigenvalue weighted by Gasteiger charge is -2.20. The van der Waals surface area contributed by atoms with Crippen LogP contribution in [0.1, 0.15) is 24.0 Å². The number of benzene rings is 1. The van der Waals surface area contributed by atoms with Crippen molar-refractivity contribution in [3.63, 3.8) is 0 Å². The van der Waals surface area contributed by atoms with Gasteiger partial charge in [0, 0.05) is 33.2 Å². The van der Waals surface area contributed by atoms with E-state index in [9.17, 15) is 13.2 Å². The molecule has 0 aliphatic carbocycles. The smallest absolute Gasteiger partial charge is 0.367 e. The summed E-state index contributed by atoms with van der Waals surface area (Å²) in [7, 11) is 3.91. The Morgan fingerprint density at radius 2 is 1.77 bits per heavy atom. The highest BCUT2D eigenvalue weighted by atomic mass is 127. The van der Waals surface area contributed by atoms with Crippen molar-refractivity contribution in [2.75, 3.05) is 60.0 Å². The van der Waals surface area contributed by atoms with Crippen molar-refractivity contribution < 1.29 is 17.9 Å². The minimum atomic E-state index is -4.30. The number of likely N-dealkylation sites (N-methyl/N-ethyl adjacent to an activating group) is 1. The zero-order valence-corrected chi connectivity index (χ0v) is 20.7. The molecule has 1 aromatic rings. The zero-order chi connectivity index (χ0) is 21.8. The summed E-state index contributed by atoms with van der Waals surface area (Å²) in [5.74, 6) is 0.739. The van der Waals surface area contributed by atoms with E-state index in [0.29, 0.717) is 12.1 Å². The van der Waals surface area contributed by atoms with E-state index in [1.165, 1.54) is 13.0 Å². The lowest BCUT2D eigenvalue weighted by atomic mass is 10.1. The van der Waals surface area contributed by atoms with Crippen molar-refractivity contribution >= 4 is 29.9 Å².